The smallest absolute Gasteiger partial charge is 0.236 e. The Morgan fingerprint density at radius 3 is 1.82 bits per heavy atom. The first kappa shape index (κ1) is 20.2. The van der Waals surface area contributed by atoms with Crippen LogP contribution in [0.15, 0.2) is 122 Å². The highest BCUT2D eigenvalue weighted by Gasteiger charge is 2.16. The predicted octanol–water partition coefficient (Wildman–Crippen LogP) is 6.82. The van der Waals surface area contributed by atoms with Gasteiger partial charge in [-0.3, -0.25) is 4.57 Å². The zero-order chi connectivity index (χ0) is 22.7. The number of anilines is 1. The molecule has 0 saturated heterocycles. The number of aromatic nitrogens is 3. The second kappa shape index (κ2) is 8.83. The fourth-order valence-corrected chi connectivity index (χ4v) is 4.51. The summed E-state index contributed by atoms with van der Waals surface area (Å²) in [6.07, 6.45) is 4.17. The number of benzene rings is 4. The zero-order valence-corrected chi connectivity index (χ0v) is 18.7. The van der Waals surface area contributed by atoms with E-state index in [0.717, 1.165) is 23.3 Å². The average molecular weight is 441 g/mol. The summed E-state index contributed by atoms with van der Waals surface area (Å²) < 4.78 is 2.01. The maximum absolute atomic E-state index is 4.97. The quantitative estimate of drug-likeness (QED) is 0.309. The van der Waals surface area contributed by atoms with Crippen LogP contribution in [-0.4, -0.2) is 21.1 Å². The molecule has 2 heterocycles. The summed E-state index contributed by atoms with van der Waals surface area (Å²) in [4.78, 5) is 9.82. The van der Waals surface area contributed by atoms with Crippen LogP contribution in [0.4, 0.5) is 5.82 Å². The van der Waals surface area contributed by atoms with Crippen molar-refractivity contribution in [1.29, 1.82) is 0 Å². The van der Waals surface area contributed by atoms with E-state index in [4.69, 9.17) is 9.97 Å². The molecule has 0 amide bonds. The van der Waals surface area contributed by atoms with E-state index in [2.05, 4.69) is 96.6 Å². The number of para-hydroxylation sites is 1. The van der Waals surface area contributed by atoms with Crippen molar-refractivity contribution in [2.45, 2.75) is 5.92 Å². The fraction of sp³-hybridized carbons (Fsp3) is 0.0667. The van der Waals surface area contributed by atoms with Crippen molar-refractivity contribution < 1.29 is 0 Å². The van der Waals surface area contributed by atoms with Crippen LogP contribution >= 0.6 is 0 Å². The first-order chi connectivity index (χ1) is 16.8. The van der Waals surface area contributed by atoms with E-state index >= 15 is 0 Å². The number of fused-ring (bicyclic) bond motifs is 2. The van der Waals surface area contributed by atoms with Gasteiger partial charge >= 0.3 is 0 Å². The molecule has 6 aromatic rings. The highest BCUT2D eigenvalue weighted by Crippen LogP contribution is 2.28. The lowest BCUT2D eigenvalue weighted by Crippen LogP contribution is -2.16. The third-order valence-electron chi connectivity index (χ3n) is 6.25. The minimum atomic E-state index is 0.203. The first-order valence-corrected chi connectivity index (χ1v) is 11.5. The minimum Gasteiger partial charge on any atom is -0.368 e. The molecular weight excluding hydrogens is 416 g/mol. The molecule has 0 aliphatic heterocycles. The average Bonchev–Trinajstić information content (AvgIpc) is 3.34. The number of nitrogens with zero attached hydrogens (tertiary/aromatic N) is 3. The van der Waals surface area contributed by atoms with Gasteiger partial charge in [0.05, 0.1) is 5.52 Å². The summed E-state index contributed by atoms with van der Waals surface area (Å²) in [5.41, 5.74) is 3.47. The molecule has 0 aliphatic rings. The van der Waals surface area contributed by atoms with E-state index in [1.807, 2.05) is 34.9 Å². The number of hydrogen-bond donors (Lipinski definition) is 1. The Morgan fingerprint density at radius 1 is 0.618 bits per heavy atom. The van der Waals surface area contributed by atoms with E-state index in [-0.39, 0.29) is 5.92 Å². The normalized spacial score (nSPS) is 11.3. The molecule has 6 rings (SSSR count). The second-order valence-corrected chi connectivity index (χ2v) is 8.44. The molecule has 0 atom stereocenters. The van der Waals surface area contributed by atoms with E-state index in [9.17, 15) is 0 Å². The molecule has 164 valence electrons. The standard InChI is InChI=1S/C30H24N4/c1-3-11-22(12-4-1)27(23-13-5-2-6-14-23)19-31-29-26-17-9-10-18-28(26)32-30(33-29)34-20-24-15-7-8-16-25(24)21-34/h1-18,20-21,27H,19H2,(H,31,32,33). The first-order valence-electron chi connectivity index (χ1n) is 11.5. The van der Waals surface area contributed by atoms with Crippen molar-refractivity contribution in [1.82, 2.24) is 14.5 Å². The summed E-state index contributed by atoms with van der Waals surface area (Å²) >= 11 is 0. The summed E-state index contributed by atoms with van der Waals surface area (Å²) in [6, 6.07) is 37.8. The van der Waals surface area contributed by atoms with Gasteiger partial charge in [0.1, 0.15) is 5.82 Å². The molecule has 34 heavy (non-hydrogen) atoms. The van der Waals surface area contributed by atoms with Crippen molar-refractivity contribution in [3.8, 4) is 5.95 Å². The predicted molar refractivity (Wildman–Crippen MR) is 140 cm³/mol. The third-order valence-corrected chi connectivity index (χ3v) is 6.25. The molecule has 2 aromatic heterocycles. The lowest BCUT2D eigenvalue weighted by Gasteiger charge is -2.20. The Kier molecular flexibility index (Phi) is 5.24. The van der Waals surface area contributed by atoms with Gasteiger partial charge in [-0.05, 0) is 34.0 Å². The number of rotatable bonds is 6. The Labute approximate surface area is 198 Å². The molecule has 0 bridgehead atoms. The lowest BCUT2D eigenvalue weighted by atomic mass is 9.91. The number of nitrogens with one attached hydrogen (secondary N) is 1. The van der Waals surface area contributed by atoms with Gasteiger partial charge in [0, 0.05) is 30.2 Å². The van der Waals surface area contributed by atoms with E-state index in [1.165, 1.54) is 21.9 Å². The molecule has 0 fully saturated rings. The van der Waals surface area contributed by atoms with E-state index in [1.54, 1.807) is 0 Å². The Balaban J connectivity index is 1.40. The second-order valence-electron chi connectivity index (χ2n) is 8.44. The van der Waals surface area contributed by atoms with Crippen LogP contribution in [0.5, 0.6) is 0 Å². The highest BCUT2D eigenvalue weighted by molar-refractivity contribution is 5.90. The van der Waals surface area contributed by atoms with Crippen molar-refractivity contribution in [3.63, 3.8) is 0 Å². The van der Waals surface area contributed by atoms with Gasteiger partial charge in [-0.25, -0.2) is 4.98 Å². The Hall–Kier alpha value is -4.44. The maximum Gasteiger partial charge on any atom is 0.236 e. The van der Waals surface area contributed by atoms with Gasteiger partial charge in [0.15, 0.2) is 0 Å². The van der Waals surface area contributed by atoms with Crippen molar-refractivity contribution in [2.75, 3.05) is 11.9 Å². The summed E-state index contributed by atoms with van der Waals surface area (Å²) in [5, 5.41) is 7.02. The van der Waals surface area contributed by atoms with E-state index < -0.39 is 0 Å². The molecule has 0 radical (unpaired) electrons. The molecule has 0 unspecified atom stereocenters. The summed E-state index contributed by atoms with van der Waals surface area (Å²) in [5.74, 6) is 1.71. The SMILES string of the molecule is c1ccc(C(CNc2nc(-n3cc4ccccc4c3)nc3ccccc23)c2ccccc2)cc1. The fourth-order valence-electron chi connectivity index (χ4n) is 4.51. The van der Waals surface area contributed by atoms with Crippen molar-refractivity contribution in [2.24, 2.45) is 0 Å². The van der Waals surface area contributed by atoms with Gasteiger partial charge in [0.2, 0.25) is 5.95 Å². The van der Waals surface area contributed by atoms with Crippen LogP contribution in [0.3, 0.4) is 0 Å². The van der Waals surface area contributed by atoms with Gasteiger partial charge in [-0.1, -0.05) is 97.1 Å². The molecule has 1 N–H and O–H groups in total. The molecule has 0 saturated carbocycles. The summed E-state index contributed by atoms with van der Waals surface area (Å²) in [7, 11) is 0. The number of hydrogen-bond acceptors (Lipinski definition) is 3. The molecule has 4 nitrogen and oxygen atoms in total. The van der Waals surface area contributed by atoms with E-state index in [0.29, 0.717) is 5.95 Å². The van der Waals surface area contributed by atoms with Gasteiger partial charge in [-0.15, -0.1) is 0 Å². The molecule has 4 heteroatoms. The molecule has 0 aliphatic carbocycles. The molecule has 0 spiro atoms. The van der Waals surface area contributed by atoms with Crippen molar-refractivity contribution in [3.05, 3.63) is 133 Å². The Bertz CT molecular complexity index is 1480. The highest BCUT2D eigenvalue weighted by atomic mass is 15.2. The van der Waals surface area contributed by atoms with Crippen LogP contribution in [0, 0.1) is 0 Å². The van der Waals surface area contributed by atoms with Crippen LogP contribution in [-0.2, 0) is 0 Å². The van der Waals surface area contributed by atoms with Crippen LogP contribution in [0.2, 0.25) is 0 Å². The van der Waals surface area contributed by atoms with Gasteiger partial charge < -0.3 is 5.32 Å². The lowest BCUT2D eigenvalue weighted by molar-refractivity contribution is 0.846. The van der Waals surface area contributed by atoms with Gasteiger partial charge in [0.25, 0.3) is 0 Å². The van der Waals surface area contributed by atoms with Gasteiger partial charge in [-0.2, -0.15) is 4.98 Å². The van der Waals surface area contributed by atoms with Crippen LogP contribution in [0.25, 0.3) is 27.6 Å². The Morgan fingerprint density at radius 2 is 1.18 bits per heavy atom. The molecule has 4 aromatic carbocycles. The zero-order valence-electron chi connectivity index (χ0n) is 18.7. The van der Waals surface area contributed by atoms with Crippen molar-refractivity contribution >= 4 is 27.5 Å². The topological polar surface area (TPSA) is 42.7 Å². The third kappa shape index (κ3) is 3.90. The monoisotopic (exact) mass is 440 g/mol. The van der Waals surface area contributed by atoms with Crippen LogP contribution < -0.4 is 5.32 Å². The summed E-state index contributed by atoms with van der Waals surface area (Å²) in [6.45, 7) is 0.724. The largest absolute Gasteiger partial charge is 0.368 e. The van der Waals surface area contributed by atoms with Crippen LogP contribution in [0.1, 0.15) is 17.0 Å². The minimum absolute atomic E-state index is 0.203. The molecular formula is C30H24N4. The maximum atomic E-state index is 4.97.